The molecule has 0 fully saturated rings. The minimum atomic E-state index is -0.331. The molecule has 0 aliphatic carbocycles. The largest absolute Gasteiger partial charge is 0.493 e. The van der Waals surface area contributed by atoms with Gasteiger partial charge >= 0.3 is 5.97 Å². The van der Waals surface area contributed by atoms with Gasteiger partial charge in [-0.15, -0.1) is 0 Å². The van der Waals surface area contributed by atoms with Crippen LogP contribution in [0.5, 0.6) is 17.2 Å². The van der Waals surface area contributed by atoms with E-state index in [1.807, 2.05) is 42.5 Å². The van der Waals surface area contributed by atoms with E-state index < -0.39 is 0 Å². The molecule has 0 saturated carbocycles. The van der Waals surface area contributed by atoms with E-state index in [1.54, 1.807) is 27.4 Å². The molecular weight excluding hydrogens is 374 g/mol. The van der Waals surface area contributed by atoms with Crippen molar-refractivity contribution in [2.24, 2.45) is 0 Å². The lowest BCUT2D eigenvalue weighted by atomic mass is 10.1. The molecule has 152 valence electrons. The molecule has 1 aromatic heterocycles. The van der Waals surface area contributed by atoms with Gasteiger partial charge in [-0.3, -0.25) is 4.79 Å². The van der Waals surface area contributed by atoms with Gasteiger partial charge in [0.1, 0.15) is 12.3 Å². The molecule has 3 aromatic rings. The zero-order valence-corrected chi connectivity index (χ0v) is 16.6. The van der Waals surface area contributed by atoms with Crippen molar-refractivity contribution in [2.45, 2.75) is 19.4 Å². The maximum absolute atomic E-state index is 12.1. The predicted octanol–water partition coefficient (Wildman–Crippen LogP) is 4.04. The summed E-state index contributed by atoms with van der Waals surface area (Å²) in [5.74, 6) is 1.91. The molecule has 0 aliphatic rings. The van der Waals surface area contributed by atoms with Crippen LogP contribution in [0.25, 0.3) is 11.3 Å². The minimum Gasteiger partial charge on any atom is -0.493 e. The Kier molecular flexibility index (Phi) is 6.73. The third kappa shape index (κ3) is 5.07. The van der Waals surface area contributed by atoms with E-state index in [9.17, 15) is 4.79 Å². The third-order valence-corrected chi connectivity index (χ3v) is 4.34. The number of hydrogen-bond donors (Lipinski definition) is 0. The lowest BCUT2D eigenvalue weighted by molar-refractivity contribution is -0.145. The van der Waals surface area contributed by atoms with E-state index in [1.165, 1.54) is 0 Å². The van der Waals surface area contributed by atoms with Crippen molar-refractivity contribution < 1.29 is 28.3 Å². The van der Waals surface area contributed by atoms with Crippen molar-refractivity contribution >= 4 is 5.97 Å². The molecule has 1 heterocycles. The Morgan fingerprint density at radius 2 is 1.66 bits per heavy atom. The number of aromatic nitrogens is 1. The summed E-state index contributed by atoms with van der Waals surface area (Å²) in [6, 6.07) is 15.0. The third-order valence-electron chi connectivity index (χ3n) is 4.34. The fourth-order valence-corrected chi connectivity index (χ4v) is 2.87. The minimum absolute atomic E-state index is 0.0599. The van der Waals surface area contributed by atoms with Gasteiger partial charge in [-0.05, 0) is 24.1 Å². The van der Waals surface area contributed by atoms with Crippen molar-refractivity contribution in [1.82, 2.24) is 5.16 Å². The highest BCUT2D eigenvalue weighted by atomic mass is 16.5. The number of aryl methyl sites for hydroxylation is 1. The maximum atomic E-state index is 12.1. The summed E-state index contributed by atoms with van der Waals surface area (Å²) in [5.41, 5.74) is 2.36. The number of nitrogens with zero attached hydrogens (tertiary/aromatic N) is 1. The predicted molar refractivity (Wildman–Crippen MR) is 106 cm³/mol. The molecule has 0 unspecified atom stereocenters. The quantitative estimate of drug-likeness (QED) is 0.504. The molecule has 0 bridgehead atoms. The van der Waals surface area contributed by atoms with Crippen LogP contribution in [0.2, 0.25) is 0 Å². The Morgan fingerprint density at radius 3 is 2.28 bits per heavy atom. The van der Waals surface area contributed by atoms with Crippen LogP contribution in [0.3, 0.4) is 0 Å². The summed E-state index contributed by atoms with van der Waals surface area (Å²) in [7, 11) is 4.65. The molecule has 0 aliphatic heterocycles. The summed E-state index contributed by atoms with van der Waals surface area (Å²) in [5, 5.41) is 3.95. The van der Waals surface area contributed by atoms with Crippen LogP contribution in [-0.2, 0) is 22.6 Å². The Hall–Kier alpha value is -3.48. The first-order valence-corrected chi connectivity index (χ1v) is 9.10. The molecule has 0 N–H and O–H groups in total. The number of carbonyl (C=O) groups excluding carboxylic acids is 1. The van der Waals surface area contributed by atoms with Crippen LogP contribution < -0.4 is 14.2 Å². The molecule has 29 heavy (non-hydrogen) atoms. The number of methoxy groups -OCH3 is 3. The number of ether oxygens (including phenoxy) is 4. The fraction of sp³-hybridized carbons (Fsp3) is 0.273. The van der Waals surface area contributed by atoms with Crippen LogP contribution in [0.15, 0.2) is 53.1 Å². The van der Waals surface area contributed by atoms with Gasteiger partial charge in [-0.1, -0.05) is 35.5 Å². The number of hydrogen-bond acceptors (Lipinski definition) is 7. The molecule has 0 amide bonds. The molecule has 0 saturated heterocycles. The summed E-state index contributed by atoms with van der Waals surface area (Å²) >= 11 is 0. The molecule has 0 atom stereocenters. The van der Waals surface area contributed by atoms with E-state index in [-0.39, 0.29) is 19.0 Å². The fourth-order valence-electron chi connectivity index (χ4n) is 2.87. The van der Waals surface area contributed by atoms with Gasteiger partial charge < -0.3 is 23.5 Å². The van der Waals surface area contributed by atoms with Gasteiger partial charge in [0.2, 0.25) is 5.75 Å². The lowest BCUT2D eigenvalue weighted by Gasteiger charge is -2.14. The second-order valence-corrected chi connectivity index (χ2v) is 6.24. The monoisotopic (exact) mass is 397 g/mol. The zero-order chi connectivity index (χ0) is 20.6. The standard InChI is InChI=1S/C22H23NO6/c1-25-19-11-15(12-20(26-2)22(19)27-3)9-10-21(24)28-14-17-13-18(29-23-17)16-7-5-4-6-8-16/h4-8,11-13H,9-10,14H2,1-3H3. The topological polar surface area (TPSA) is 80.0 Å². The van der Waals surface area contributed by atoms with E-state index in [0.29, 0.717) is 35.1 Å². The van der Waals surface area contributed by atoms with Crippen LogP contribution in [0.1, 0.15) is 17.7 Å². The highest BCUT2D eigenvalue weighted by Crippen LogP contribution is 2.38. The van der Waals surface area contributed by atoms with Gasteiger partial charge in [0.25, 0.3) is 0 Å². The summed E-state index contributed by atoms with van der Waals surface area (Å²) in [4.78, 5) is 12.1. The van der Waals surface area contributed by atoms with E-state index in [4.69, 9.17) is 23.5 Å². The van der Waals surface area contributed by atoms with Crippen molar-refractivity contribution in [3.8, 4) is 28.6 Å². The van der Waals surface area contributed by atoms with E-state index >= 15 is 0 Å². The number of esters is 1. The molecule has 7 nitrogen and oxygen atoms in total. The molecular formula is C22H23NO6. The first kappa shape index (κ1) is 20.3. The number of carbonyl (C=O) groups is 1. The Labute approximate surface area is 169 Å². The highest BCUT2D eigenvalue weighted by Gasteiger charge is 2.15. The normalized spacial score (nSPS) is 10.4. The summed E-state index contributed by atoms with van der Waals surface area (Å²) in [6.07, 6.45) is 0.686. The average molecular weight is 397 g/mol. The average Bonchev–Trinajstić information content (AvgIpc) is 3.25. The van der Waals surface area contributed by atoms with Gasteiger partial charge in [0.05, 0.1) is 21.3 Å². The maximum Gasteiger partial charge on any atom is 0.306 e. The van der Waals surface area contributed by atoms with Crippen LogP contribution >= 0.6 is 0 Å². The Balaban J connectivity index is 1.55. The molecule has 0 radical (unpaired) electrons. The first-order valence-electron chi connectivity index (χ1n) is 9.10. The summed E-state index contributed by atoms with van der Waals surface area (Å²) in [6.45, 7) is 0.0599. The molecule has 2 aromatic carbocycles. The van der Waals surface area contributed by atoms with Gasteiger partial charge in [-0.2, -0.15) is 0 Å². The van der Waals surface area contributed by atoms with Gasteiger partial charge in [0.15, 0.2) is 17.3 Å². The van der Waals surface area contributed by atoms with Crippen molar-refractivity contribution in [2.75, 3.05) is 21.3 Å². The van der Waals surface area contributed by atoms with Crippen molar-refractivity contribution in [3.05, 3.63) is 59.8 Å². The highest BCUT2D eigenvalue weighted by molar-refractivity contribution is 5.70. The molecule has 0 spiro atoms. The van der Waals surface area contributed by atoms with Crippen molar-refractivity contribution in [3.63, 3.8) is 0 Å². The first-order chi connectivity index (χ1) is 14.1. The smallest absolute Gasteiger partial charge is 0.306 e. The Morgan fingerprint density at radius 1 is 0.966 bits per heavy atom. The van der Waals surface area contributed by atoms with Gasteiger partial charge in [0, 0.05) is 18.1 Å². The number of rotatable bonds is 9. The summed E-state index contributed by atoms with van der Waals surface area (Å²) < 4.78 is 26.6. The Bertz CT molecular complexity index is 926. The zero-order valence-electron chi connectivity index (χ0n) is 16.6. The van der Waals surface area contributed by atoms with Crippen molar-refractivity contribution in [1.29, 1.82) is 0 Å². The van der Waals surface area contributed by atoms with E-state index in [2.05, 4.69) is 5.16 Å². The molecule has 3 rings (SSSR count). The number of benzene rings is 2. The van der Waals surface area contributed by atoms with E-state index in [0.717, 1.165) is 11.1 Å². The van der Waals surface area contributed by atoms with Crippen LogP contribution in [0, 0.1) is 0 Å². The van der Waals surface area contributed by atoms with Crippen LogP contribution in [-0.4, -0.2) is 32.5 Å². The van der Waals surface area contributed by atoms with Crippen LogP contribution in [0.4, 0.5) is 0 Å². The lowest BCUT2D eigenvalue weighted by Crippen LogP contribution is -2.06. The van der Waals surface area contributed by atoms with Gasteiger partial charge in [-0.25, -0.2) is 0 Å². The SMILES string of the molecule is COc1cc(CCC(=O)OCc2cc(-c3ccccc3)on2)cc(OC)c1OC. The molecule has 7 heteroatoms. The second-order valence-electron chi connectivity index (χ2n) is 6.24. The second kappa shape index (κ2) is 9.64.